The Labute approximate surface area is 102 Å². The van der Waals surface area contributed by atoms with Gasteiger partial charge in [-0.25, -0.2) is 4.79 Å². The lowest BCUT2D eigenvalue weighted by Gasteiger charge is -2.67. The molecule has 0 amide bonds. The molecule has 17 heavy (non-hydrogen) atoms. The zero-order valence-electron chi connectivity index (χ0n) is 10.7. The topological polar surface area (TPSA) is 46.5 Å². The van der Waals surface area contributed by atoms with Crippen molar-refractivity contribution in [3.05, 3.63) is 12.2 Å². The summed E-state index contributed by atoms with van der Waals surface area (Å²) in [6, 6.07) is 0. The molecule has 0 radical (unpaired) electrons. The molecular weight excluding hydrogens is 216 g/mol. The van der Waals surface area contributed by atoms with Crippen LogP contribution in [0.15, 0.2) is 12.2 Å². The monoisotopic (exact) mass is 236 g/mol. The summed E-state index contributed by atoms with van der Waals surface area (Å²) in [7, 11) is 0. The first-order valence-corrected chi connectivity index (χ1v) is 6.34. The minimum absolute atomic E-state index is 0.158. The van der Waals surface area contributed by atoms with Crippen molar-refractivity contribution < 1.29 is 14.6 Å². The van der Waals surface area contributed by atoms with Crippen LogP contribution in [0.5, 0.6) is 0 Å². The molecule has 4 aliphatic rings. The Hall–Kier alpha value is -0.830. The Balaban J connectivity index is 2.00. The average Bonchev–Trinajstić information content (AvgIpc) is 2.48. The molecule has 4 unspecified atom stereocenters. The maximum absolute atomic E-state index is 11.6. The normalized spacial score (nSPS) is 51.3. The van der Waals surface area contributed by atoms with E-state index in [0.29, 0.717) is 17.9 Å². The van der Waals surface area contributed by atoms with E-state index in [-0.39, 0.29) is 17.3 Å². The fourth-order valence-corrected chi connectivity index (χ4v) is 4.34. The number of aliphatic hydroxyl groups is 1. The van der Waals surface area contributed by atoms with Crippen LogP contribution in [-0.4, -0.2) is 22.3 Å². The highest BCUT2D eigenvalue weighted by atomic mass is 16.6. The molecule has 2 bridgehead atoms. The quantitative estimate of drug-likeness (QED) is 0.517. The summed E-state index contributed by atoms with van der Waals surface area (Å²) in [4.78, 5) is 11.6. The van der Waals surface area contributed by atoms with Gasteiger partial charge in [0.25, 0.3) is 0 Å². The molecule has 3 nitrogen and oxygen atoms in total. The third-order valence-electron chi connectivity index (χ3n) is 5.72. The molecule has 1 heterocycles. The molecule has 3 aliphatic carbocycles. The summed E-state index contributed by atoms with van der Waals surface area (Å²) in [6.07, 6.45) is 2.31. The third-order valence-corrected chi connectivity index (χ3v) is 5.72. The first-order chi connectivity index (χ1) is 7.71. The van der Waals surface area contributed by atoms with E-state index in [1.165, 1.54) is 0 Å². The van der Waals surface area contributed by atoms with Crippen molar-refractivity contribution in [1.29, 1.82) is 0 Å². The fraction of sp³-hybridized carbons (Fsp3) is 0.786. The Morgan fingerprint density at radius 1 is 1.41 bits per heavy atom. The van der Waals surface area contributed by atoms with Gasteiger partial charge in [0, 0.05) is 12.0 Å². The molecular formula is C14H20O3. The van der Waals surface area contributed by atoms with E-state index < -0.39 is 11.2 Å². The van der Waals surface area contributed by atoms with E-state index in [1.54, 1.807) is 0 Å². The number of rotatable bonds is 0. The highest BCUT2D eigenvalue weighted by Gasteiger charge is 2.71. The fourth-order valence-electron chi connectivity index (χ4n) is 4.34. The van der Waals surface area contributed by atoms with Crippen LogP contribution >= 0.6 is 0 Å². The average molecular weight is 236 g/mol. The molecule has 3 heteroatoms. The SMILES string of the molecule is C=C1CC2(CC3CC(C3(C)C)C2(C)O)OC1=O. The third kappa shape index (κ3) is 1.09. The highest BCUT2D eigenvalue weighted by molar-refractivity contribution is 5.90. The number of hydrogen-bond acceptors (Lipinski definition) is 3. The number of esters is 1. The summed E-state index contributed by atoms with van der Waals surface area (Å²) in [5, 5.41) is 10.9. The molecule has 4 rings (SSSR count). The summed E-state index contributed by atoms with van der Waals surface area (Å²) in [5.41, 5.74) is -0.972. The van der Waals surface area contributed by atoms with Gasteiger partial charge in [0.2, 0.25) is 0 Å². The molecule has 0 aromatic heterocycles. The standard InChI is InChI=1S/C14H20O3/c1-8-6-14(17-11(8)15)7-9-5-10(12(9,2)3)13(14,4)16/h9-10,16H,1,5-7H2,2-4H3. The van der Waals surface area contributed by atoms with Gasteiger partial charge in [-0.2, -0.15) is 0 Å². The van der Waals surface area contributed by atoms with Crippen molar-refractivity contribution in [3.63, 3.8) is 0 Å². The lowest BCUT2D eigenvalue weighted by Crippen LogP contribution is -2.72. The van der Waals surface area contributed by atoms with Crippen molar-refractivity contribution in [2.45, 2.75) is 51.2 Å². The number of hydrogen-bond donors (Lipinski definition) is 1. The Kier molecular flexibility index (Phi) is 1.84. The van der Waals surface area contributed by atoms with E-state index >= 15 is 0 Å². The van der Waals surface area contributed by atoms with Crippen LogP contribution in [0.2, 0.25) is 0 Å². The summed E-state index contributed by atoms with van der Waals surface area (Å²) in [5.74, 6) is 0.434. The molecule has 1 N–H and O–H groups in total. The van der Waals surface area contributed by atoms with Crippen LogP contribution in [0.4, 0.5) is 0 Å². The van der Waals surface area contributed by atoms with Crippen LogP contribution in [0.3, 0.4) is 0 Å². The first-order valence-electron chi connectivity index (χ1n) is 6.34. The van der Waals surface area contributed by atoms with Gasteiger partial charge in [-0.15, -0.1) is 0 Å². The van der Waals surface area contributed by atoms with Gasteiger partial charge in [0.05, 0.1) is 0 Å². The zero-order valence-corrected chi connectivity index (χ0v) is 10.7. The summed E-state index contributed by atoms with van der Waals surface area (Å²) < 4.78 is 5.52. The Bertz CT molecular complexity index is 403. The van der Waals surface area contributed by atoms with Crippen LogP contribution in [0, 0.1) is 17.3 Å². The second kappa shape index (κ2) is 2.77. The van der Waals surface area contributed by atoms with Gasteiger partial charge < -0.3 is 9.84 Å². The van der Waals surface area contributed by atoms with Gasteiger partial charge >= 0.3 is 5.97 Å². The lowest BCUT2D eigenvalue weighted by atomic mass is 9.40. The maximum Gasteiger partial charge on any atom is 0.334 e. The van der Waals surface area contributed by atoms with Crippen molar-refractivity contribution in [2.75, 3.05) is 0 Å². The van der Waals surface area contributed by atoms with E-state index in [1.807, 2.05) is 6.92 Å². The smallest absolute Gasteiger partial charge is 0.334 e. The van der Waals surface area contributed by atoms with E-state index in [4.69, 9.17) is 4.74 Å². The number of ether oxygens (including phenoxy) is 1. The molecule has 94 valence electrons. The molecule has 1 saturated heterocycles. The van der Waals surface area contributed by atoms with E-state index in [0.717, 1.165) is 12.8 Å². The minimum Gasteiger partial charge on any atom is -0.452 e. The van der Waals surface area contributed by atoms with E-state index in [2.05, 4.69) is 20.4 Å². The maximum atomic E-state index is 11.6. The van der Waals surface area contributed by atoms with Gasteiger partial charge in [-0.05, 0) is 37.0 Å². The van der Waals surface area contributed by atoms with Crippen molar-refractivity contribution >= 4 is 5.97 Å². The molecule has 3 saturated carbocycles. The van der Waals surface area contributed by atoms with Crippen molar-refractivity contribution in [2.24, 2.45) is 17.3 Å². The molecule has 4 atom stereocenters. The second-order valence-electron chi connectivity index (χ2n) is 6.82. The van der Waals surface area contributed by atoms with Gasteiger partial charge in [-0.3, -0.25) is 0 Å². The van der Waals surface area contributed by atoms with Gasteiger partial charge in [0.15, 0.2) is 0 Å². The highest BCUT2D eigenvalue weighted by Crippen LogP contribution is 2.68. The molecule has 4 fully saturated rings. The zero-order chi connectivity index (χ0) is 12.6. The van der Waals surface area contributed by atoms with Crippen LogP contribution < -0.4 is 0 Å². The van der Waals surface area contributed by atoms with Crippen LogP contribution in [-0.2, 0) is 9.53 Å². The predicted molar refractivity (Wildman–Crippen MR) is 63.2 cm³/mol. The minimum atomic E-state index is -0.930. The first kappa shape index (κ1) is 11.3. The van der Waals surface area contributed by atoms with Gasteiger partial charge in [-0.1, -0.05) is 20.4 Å². The molecule has 1 aliphatic heterocycles. The Morgan fingerprint density at radius 2 is 2.06 bits per heavy atom. The Morgan fingerprint density at radius 3 is 2.47 bits per heavy atom. The van der Waals surface area contributed by atoms with Crippen molar-refractivity contribution in [1.82, 2.24) is 0 Å². The van der Waals surface area contributed by atoms with Crippen LogP contribution in [0.25, 0.3) is 0 Å². The second-order valence-corrected chi connectivity index (χ2v) is 6.82. The summed E-state index contributed by atoms with van der Waals surface area (Å²) in [6.45, 7) is 9.99. The molecule has 0 aromatic rings. The molecule has 1 spiro atoms. The summed E-state index contributed by atoms with van der Waals surface area (Å²) >= 11 is 0. The predicted octanol–water partition coefficient (Wildman–Crippen LogP) is 2.05. The number of carbonyl (C=O) groups is 1. The molecule has 0 aromatic carbocycles. The van der Waals surface area contributed by atoms with Crippen LogP contribution in [0.1, 0.15) is 40.0 Å². The van der Waals surface area contributed by atoms with Crippen molar-refractivity contribution in [3.8, 4) is 0 Å². The van der Waals surface area contributed by atoms with E-state index in [9.17, 15) is 9.90 Å². The lowest BCUT2D eigenvalue weighted by molar-refractivity contribution is -0.287. The largest absolute Gasteiger partial charge is 0.452 e. The van der Waals surface area contributed by atoms with Gasteiger partial charge in [0.1, 0.15) is 11.2 Å². The number of carbonyl (C=O) groups excluding carboxylic acids is 1.